The summed E-state index contributed by atoms with van der Waals surface area (Å²) in [5, 5.41) is 2.05. The van der Waals surface area contributed by atoms with Gasteiger partial charge in [0, 0.05) is 41.0 Å². The first-order valence-electron chi connectivity index (χ1n) is 9.59. The molecule has 0 saturated carbocycles. The van der Waals surface area contributed by atoms with Crippen LogP contribution in [0.5, 0.6) is 0 Å². The molecule has 0 bridgehead atoms. The van der Waals surface area contributed by atoms with E-state index in [0.29, 0.717) is 0 Å². The van der Waals surface area contributed by atoms with Crippen LogP contribution in [-0.2, 0) is 0 Å². The summed E-state index contributed by atoms with van der Waals surface area (Å²) in [5.41, 5.74) is 5.21. The van der Waals surface area contributed by atoms with E-state index in [9.17, 15) is 0 Å². The molecule has 6 aromatic rings. The minimum Gasteiger partial charge on any atom is -0.255 e. The zero-order valence-electron chi connectivity index (χ0n) is 15.8. The molecule has 0 aliphatic heterocycles. The molecule has 6 heteroatoms. The van der Waals surface area contributed by atoms with Crippen LogP contribution in [-0.4, -0.2) is 24.9 Å². The van der Waals surface area contributed by atoms with Crippen LogP contribution in [0, 0.1) is 0 Å². The average molecular weight is 387 g/mol. The summed E-state index contributed by atoms with van der Waals surface area (Å²) in [6, 6.07) is 19.9. The minimum atomic E-state index is 0.725. The van der Waals surface area contributed by atoms with E-state index in [1.54, 1.807) is 12.4 Å². The highest BCUT2D eigenvalue weighted by Gasteiger charge is 2.12. The van der Waals surface area contributed by atoms with Gasteiger partial charge in [-0.05, 0) is 59.6 Å². The van der Waals surface area contributed by atoms with Crippen LogP contribution >= 0.6 is 0 Å². The van der Waals surface area contributed by atoms with Crippen molar-refractivity contribution >= 4 is 33.0 Å². The van der Waals surface area contributed by atoms with Gasteiger partial charge in [-0.2, -0.15) is 0 Å². The molecule has 0 atom stereocenters. The van der Waals surface area contributed by atoms with Crippen molar-refractivity contribution in [2.24, 2.45) is 0 Å². The SMILES string of the molecule is c1cnc2nc(-[n+]3ccc4cc(-c5ccc6ncccc6n5)cnc4c3)ccc2c1. The first-order valence-corrected chi connectivity index (χ1v) is 9.59. The molecule has 0 amide bonds. The molecule has 6 nitrogen and oxygen atoms in total. The zero-order chi connectivity index (χ0) is 19.9. The van der Waals surface area contributed by atoms with E-state index in [1.165, 1.54) is 0 Å². The van der Waals surface area contributed by atoms with Crippen LogP contribution in [0.15, 0.2) is 91.6 Å². The Morgan fingerprint density at radius 1 is 0.667 bits per heavy atom. The van der Waals surface area contributed by atoms with Crippen molar-refractivity contribution in [3.63, 3.8) is 0 Å². The number of aromatic nitrogens is 6. The maximum atomic E-state index is 4.72. The molecule has 0 unspecified atom stereocenters. The third-order valence-electron chi connectivity index (χ3n) is 5.09. The van der Waals surface area contributed by atoms with Crippen molar-refractivity contribution in [3.8, 4) is 17.1 Å². The van der Waals surface area contributed by atoms with E-state index < -0.39 is 0 Å². The fourth-order valence-corrected chi connectivity index (χ4v) is 3.56. The monoisotopic (exact) mass is 387 g/mol. The van der Waals surface area contributed by atoms with E-state index in [-0.39, 0.29) is 0 Å². The highest BCUT2D eigenvalue weighted by atomic mass is 15.1. The zero-order valence-corrected chi connectivity index (χ0v) is 15.8. The topological polar surface area (TPSA) is 68.3 Å². The van der Waals surface area contributed by atoms with Crippen molar-refractivity contribution in [2.45, 2.75) is 0 Å². The van der Waals surface area contributed by atoms with E-state index in [0.717, 1.165) is 50.0 Å². The molecule has 0 spiro atoms. The lowest BCUT2D eigenvalue weighted by molar-refractivity contribution is -0.598. The minimum absolute atomic E-state index is 0.725. The smallest absolute Gasteiger partial charge is 0.255 e. The number of nitrogens with zero attached hydrogens (tertiary/aromatic N) is 6. The highest BCUT2D eigenvalue weighted by molar-refractivity contribution is 5.83. The molecule has 0 radical (unpaired) electrons. The second-order valence-electron chi connectivity index (χ2n) is 7.01. The van der Waals surface area contributed by atoms with Gasteiger partial charge in [-0.3, -0.25) is 9.97 Å². The van der Waals surface area contributed by atoms with Crippen LogP contribution < -0.4 is 4.57 Å². The Bertz CT molecular complexity index is 1440. The van der Waals surface area contributed by atoms with Crippen LogP contribution in [0.1, 0.15) is 0 Å². The molecule has 0 fully saturated rings. The number of pyridine rings is 6. The Labute approximate surface area is 171 Å². The van der Waals surface area contributed by atoms with Crippen LogP contribution in [0.2, 0.25) is 0 Å². The van der Waals surface area contributed by atoms with E-state index in [4.69, 9.17) is 4.98 Å². The maximum absolute atomic E-state index is 4.72. The van der Waals surface area contributed by atoms with Crippen molar-refractivity contribution in [1.29, 1.82) is 0 Å². The van der Waals surface area contributed by atoms with Gasteiger partial charge in [0.1, 0.15) is 11.7 Å². The molecule has 0 saturated heterocycles. The fraction of sp³-hybridized carbons (Fsp3) is 0. The van der Waals surface area contributed by atoms with Gasteiger partial charge in [0.2, 0.25) is 0 Å². The molecular formula is C24H15N6+. The van der Waals surface area contributed by atoms with Crippen LogP contribution in [0.4, 0.5) is 0 Å². The third kappa shape index (κ3) is 2.82. The van der Waals surface area contributed by atoms with Gasteiger partial charge in [0.25, 0.3) is 5.65 Å². The first-order chi connectivity index (χ1) is 14.8. The van der Waals surface area contributed by atoms with Gasteiger partial charge < -0.3 is 0 Å². The average Bonchev–Trinajstić information content (AvgIpc) is 2.83. The molecular weight excluding hydrogens is 372 g/mol. The van der Waals surface area contributed by atoms with E-state index >= 15 is 0 Å². The lowest BCUT2D eigenvalue weighted by Gasteiger charge is -2.05. The lowest BCUT2D eigenvalue weighted by atomic mass is 10.1. The summed E-state index contributed by atoms with van der Waals surface area (Å²) in [4.78, 5) is 22.7. The Morgan fingerprint density at radius 2 is 1.60 bits per heavy atom. The second kappa shape index (κ2) is 6.63. The first kappa shape index (κ1) is 16.6. The quantitative estimate of drug-likeness (QED) is 0.419. The molecule has 0 N–H and O–H groups in total. The Hall–Kier alpha value is -4.32. The molecule has 6 rings (SSSR count). The van der Waals surface area contributed by atoms with Gasteiger partial charge in [-0.25, -0.2) is 14.5 Å². The Balaban J connectivity index is 1.41. The number of hydrogen-bond acceptors (Lipinski definition) is 5. The Morgan fingerprint density at radius 3 is 2.60 bits per heavy atom. The fourth-order valence-electron chi connectivity index (χ4n) is 3.56. The van der Waals surface area contributed by atoms with E-state index in [1.807, 2.05) is 77.8 Å². The number of rotatable bonds is 2. The van der Waals surface area contributed by atoms with Crippen molar-refractivity contribution in [1.82, 2.24) is 24.9 Å². The highest BCUT2D eigenvalue weighted by Crippen LogP contribution is 2.22. The number of fused-ring (bicyclic) bond motifs is 3. The Kier molecular flexibility index (Phi) is 3.67. The number of hydrogen-bond donors (Lipinski definition) is 0. The standard InChI is InChI=1S/C24H15N6/c1-3-16-5-8-23(29-24(16)26-11-1)30-12-9-17-13-18(14-27-22(17)15-30)19-6-7-20-21(28-19)4-2-10-25-20/h1-15H/q+1. The van der Waals surface area contributed by atoms with Crippen LogP contribution in [0.3, 0.4) is 0 Å². The molecule has 140 valence electrons. The summed E-state index contributed by atoms with van der Waals surface area (Å²) in [6.45, 7) is 0. The predicted octanol–water partition coefficient (Wildman–Crippen LogP) is 4.06. The third-order valence-corrected chi connectivity index (χ3v) is 5.09. The van der Waals surface area contributed by atoms with E-state index in [2.05, 4.69) is 26.0 Å². The predicted molar refractivity (Wildman–Crippen MR) is 115 cm³/mol. The molecule has 0 aliphatic rings. The van der Waals surface area contributed by atoms with Gasteiger partial charge in [0.05, 0.1) is 22.9 Å². The summed E-state index contributed by atoms with van der Waals surface area (Å²) in [6.07, 6.45) is 9.35. The van der Waals surface area contributed by atoms with Crippen molar-refractivity contribution in [2.75, 3.05) is 0 Å². The summed E-state index contributed by atoms with van der Waals surface area (Å²) < 4.78 is 1.96. The summed E-state index contributed by atoms with van der Waals surface area (Å²) >= 11 is 0. The summed E-state index contributed by atoms with van der Waals surface area (Å²) in [5.74, 6) is 0.803. The molecule has 0 aromatic carbocycles. The molecule has 6 heterocycles. The van der Waals surface area contributed by atoms with Crippen molar-refractivity contribution < 1.29 is 4.57 Å². The van der Waals surface area contributed by atoms with Gasteiger partial charge in [-0.1, -0.05) is 0 Å². The van der Waals surface area contributed by atoms with Gasteiger partial charge in [-0.15, -0.1) is 0 Å². The molecule has 6 aromatic heterocycles. The van der Waals surface area contributed by atoms with Crippen LogP contribution in [0.25, 0.3) is 50.0 Å². The second-order valence-corrected chi connectivity index (χ2v) is 7.01. The van der Waals surface area contributed by atoms with Crippen molar-refractivity contribution in [3.05, 3.63) is 91.6 Å². The normalized spacial score (nSPS) is 11.3. The van der Waals surface area contributed by atoms with Gasteiger partial charge in [0.15, 0.2) is 0 Å². The molecule has 30 heavy (non-hydrogen) atoms. The maximum Gasteiger partial charge on any atom is 0.330 e. The van der Waals surface area contributed by atoms with Gasteiger partial charge >= 0.3 is 5.82 Å². The molecule has 0 aliphatic carbocycles. The summed E-state index contributed by atoms with van der Waals surface area (Å²) in [7, 11) is 0. The lowest BCUT2D eigenvalue weighted by Crippen LogP contribution is -2.30. The largest absolute Gasteiger partial charge is 0.330 e.